The normalized spacial score (nSPS) is 22.9. The van der Waals surface area contributed by atoms with Crippen LogP contribution in [0.4, 0.5) is 5.13 Å². The summed E-state index contributed by atoms with van der Waals surface area (Å²) in [5, 5.41) is 50.7. The molecule has 18 heteroatoms. The number of nitrogens with zero attached hydrogens (tertiary/aromatic N) is 4. The van der Waals surface area contributed by atoms with Gasteiger partial charge in [0.25, 0.3) is 11.8 Å². The number of anilines is 1. The smallest absolute Gasteiger partial charge is 0.276 e. The molecule has 0 unspecified atom stereocenters. The van der Waals surface area contributed by atoms with Gasteiger partial charge in [0.1, 0.15) is 30.2 Å². The van der Waals surface area contributed by atoms with Crippen molar-refractivity contribution in [2.24, 2.45) is 5.16 Å². The first kappa shape index (κ1) is 35.9. The van der Waals surface area contributed by atoms with Crippen LogP contribution in [0.2, 0.25) is 0 Å². The van der Waals surface area contributed by atoms with Gasteiger partial charge in [0.2, 0.25) is 0 Å². The van der Waals surface area contributed by atoms with Crippen molar-refractivity contribution in [3.8, 4) is 11.5 Å². The highest BCUT2D eigenvalue weighted by molar-refractivity contribution is 8.00. The molecule has 3 aliphatic heterocycles. The standard InChI is InChI=1S/C33H36N6O10S2/c1-15-19(13-39(8-4-5-9-39)12-17-7-6-16-10-21(40)22(41)11-18(16)26(17)42)25(30(45)46)38-28(44)24(29(38)51-15)36-27(43)23(20-14-50-32(34)35-20)37-49-33(2,3)31(47)48/h7,10-11,14-15,24,29H,4-6,8-9,12-13H2,1-3H3,(H6-,34,35,36,37,40,41,42,43,45,46,47,48)/p-1/t15-,24+,29+/m0/s1. The molecule has 4 heterocycles. The highest BCUT2D eigenvalue weighted by Crippen LogP contribution is 2.45. The van der Waals surface area contributed by atoms with Crippen LogP contribution in [0.15, 0.2) is 45.6 Å². The number of thioether (sulfide) groups is 1. The number of phenols is 2. The number of ketones is 1. The zero-order chi connectivity index (χ0) is 37.0. The number of phenolic OH excluding ortho intramolecular Hbond substituents is 2. The molecule has 2 aromatic rings. The Morgan fingerprint density at radius 1 is 1.16 bits per heavy atom. The Labute approximate surface area is 299 Å². The Kier molecular flexibility index (Phi) is 9.36. The minimum Gasteiger partial charge on any atom is -0.546 e. The minimum atomic E-state index is -1.91. The van der Waals surface area contributed by atoms with Crippen LogP contribution in [0.3, 0.4) is 0 Å². The minimum absolute atomic E-state index is 0.0281. The highest BCUT2D eigenvalue weighted by Gasteiger charge is 2.55. The van der Waals surface area contributed by atoms with Gasteiger partial charge in [-0.3, -0.25) is 19.3 Å². The Hall–Kier alpha value is -4.94. The topological polar surface area (TPSA) is 248 Å². The number of oxime groups is 1. The van der Waals surface area contributed by atoms with E-state index in [9.17, 15) is 44.4 Å². The Balaban J connectivity index is 1.24. The number of aliphatic carboxylic acids is 2. The second-order valence-electron chi connectivity index (χ2n) is 13.5. The van der Waals surface area contributed by atoms with E-state index in [1.54, 1.807) is 6.08 Å². The first-order chi connectivity index (χ1) is 24.0. The number of hydrogen-bond acceptors (Lipinski definition) is 15. The van der Waals surface area contributed by atoms with Crippen molar-refractivity contribution >= 4 is 63.5 Å². The summed E-state index contributed by atoms with van der Waals surface area (Å²) in [7, 11) is 0. The summed E-state index contributed by atoms with van der Waals surface area (Å²) in [6, 6.07) is 1.46. The SMILES string of the molecule is C[C@@H]1S[C@@H]2[C@H](NC(=O)/C(=N\OC(C)(C)C(=O)[O-])c3csc(N)n3)C(=O)N2C(C(=O)[O-])=C1C[N+]1(CC2=CCc3cc(O)c(O)cc3C2=O)CCCC1. The number of nitrogens with one attached hydrogen (secondary N) is 1. The third-order valence-corrected chi connectivity index (χ3v) is 11.7. The number of carbonyl (C=O) groups excluding carboxylic acids is 5. The number of amides is 2. The van der Waals surface area contributed by atoms with Crippen LogP contribution in [0.5, 0.6) is 11.5 Å². The maximum atomic E-state index is 13.6. The molecule has 51 heavy (non-hydrogen) atoms. The summed E-state index contributed by atoms with van der Waals surface area (Å²) in [4.78, 5) is 75.0. The van der Waals surface area contributed by atoms with Gasteiger partial charge in [0.05, 0.1) is 36.3 Å². The summed E-state index contributed by atoms with van der Waals surface area (Å²) in [5.74, 6) is -5.74. The van der Waals surface area contributed by atoms with E-state index in [1.807, 2.05) is 6.92 Å². The van der Waals surface area contributed by atoms with Crippen LogP contribution in [-0.2, 0) is 30.4 Å². The number of carbonyl (C=O) groups is 5. The third-order valence-electron chi connectivity index (χ3n) is 9.57. The second-order valence-corrected chi connectivity index (χ2v) is 15.8. The van der Waals surface area contributed by atoms with Crippen molar-refractivity contribution in [1.29, 1.82) is 0 Å². The number of likely N-dealkylation sites (tertiary alicyclic amines) is 1. The first-order valence-electron chi connectivity index (χ1n) is 16.1. The lowest BCUT2D eigenvalue weighted by atomic mass is 9.89. The number of aromatic nitrogens is 1. The number of hydrogen-bond donors (Lipinski definition) is 4. The van der Waals surface area contributed by atoms with Crippen molar-refractivity contribution in [1.82, 2.24) is 15.2 Å². The van der Waals surface area contributed by atoms with E-state index in [0.29, 0.717) is 52.8 Å². The number of carboxylic acid groups (broad SMARTS) is 2. The van der Waals surface area contributed by atoms with E-state index in [1.165, 1.54) is 43.1 Å². The van der Waals surface area contributed by atoms with Crippen molar-refractivity contribution in [3.63, 3.8) is 0 Å². The molecule has 4 aliphatic rings. The molecule has 2 saturated heterocycles. The molecular formula is C33H35N6O10S2-. The Morgan fingerprint density at radius 3 is 2.47 bits per heavy atom. The third kappa shape index (κ3) is 6.65. The number of carboxylic acids is 2. The predicted molar refractivity (Wildman–Crippen MR) is 180 cm³/mol. The van der Waals surface area contributed by atoms with Crippen LogP contribution in [0, 0.1) is 0 Å². The number of Topliss-reactive ketones (excluding diaryl/α,β-unsaturated/α-hetero) is 1. The van der Waals surface area contributed by atoms with Crippen molar-refractivity contribution in [2.75, 3.05) is 31.9 Å². The van der Waals surface area contributed by atoms with Gasteiger partial charge in [-0.1, -0.05) is 11.2 Å². The lowest BCUT2D eigenvalue weighted by molar-refractivity contribution is -0.907. The number of benzene rings is 1. The number of allylic oxidation sites excluding steroid dienone is 1. The van der Waals surface area contributed by atoms with Crippen LogP contribution in [0.25, 0.3) is 0 Å². The number of nitrogens with two attached hydrogens (primary N) is 1. The monoisotopic (exact) mass is 739 g/mol. The molecule has 0 bridgehead atoms. The van der Waals surface area contributed by atoms with Gasteiger partial charge >= 0.3 is 0 Å². The lowest BCUT2D eigenvalue weighted by Gasteiger charge is -2.53. The zero-order valence-corrected chi connectivity index (χ0v) is 29.5. The first-order valence-corrected chi connectivity index (χ1v) is 17.9. The number of aromatic hydroxyl groups is 2. The molecule has 0 saturated carbocycles. The van der Waals surface area contributed by atoms with Gasteiger partial charge in [-0.15, -0.1) is 23.1 Å². The summed E-state index contributed by atoms with van der Waals surface area (Å²) in [5.41, 5.74) is 4.96. The fourth-order valence-corrected chi connectivity index (χ4v) is 8.78. The Morgan fingerprint density at radius 2 is 1.84 bits per heavy atom. The fourth-order valence-electron chi connectivity index (χ4n) is 6.79. The molecule has 0 radical (unpaired) electrons. The number of quaternary nitrogens is 1. The number of thiazole rings is 1. The van der Waals surface area contributed by atoms with Crippen LogP contribution in [0.1, 0.15) is 55.2 Å². The largest absolute Gasteiger partial charge is 0.546 e. The number of nitrogen functional groups attached to an aromatic ring is 1. The molecule has 1 aromatic carbocycles. The summed E-state index contributed by atoms with van der Waals surface area (Å²) in [6.45, 7) is 6.02. The summed E-state index contributed by atoms with van der Waals surface area (Å²) in [6.07, 6.45) is 3.88. The molecule has 270 valence electrons. The zero-order valence-electron chi connectivity index (χ0n) is 27.8. The van der Waals surface area contributed by atoms with Gasteiger partial charge in [-0.2, -0.15) is 0 Å². The molecule has 2 amide bonds. The van der Waals surface area contributed by atoms with Crippen LogP contribution < -0.4 is 21.3 Å². The maximum absolute atomic E-state index is 13.6. The summed E-state index contributed by atoms with van der Waals surface area (Å²) < 4.78 is 0.375. The van der Waals surface area contributed by atoms with E-state index in [2.05, 4.69) is 15.5 Å². The van der Waals surface area contributed by atoms with Crippen LogP contribution >= 0.6 is 23.1 Å². The Bertz CT molecular complexity index is 1950. The molecule has 1 aromatic heterocycles. The van der Waals surface area contributed by atoms with E-state index >= 15 is 0 Å². The highest BCUT2D eigenvalue weighted by atomic mass is 32.2. The lowest BCUT2D eigenvalue weighted by Crippen LogP contribution is -2.72. The number of rotatable bonds is 11. The quantitative estimate of drug-likeness (QED) is 0.0722. The maximum Gasteiger partial charge on any atom is 0.276 e. The van der Waals surface area contributed by atoms with E-state index in [-0.39, 0.29) is 34.6 Å². The van der Waals surface area contributed by atoms with Gasteiger partial charge in [-0.25, -0.2) is 4.98 Å². The van der Waals surface area contributed by atoms with E-state index < -0.39 is 57.5 Å². The van der Waals surface area contributed by atoms with Crippen molar-refractivity contribution in [2.45, 2.75) is 62.3 Å². The average Bonchev–Trinajstić information content (AvgIpc) is 3.71. The number of fused-ring (bicyclic) bond motifs is 2. The van der Waals surface area contributed by atoms with Gasteiger partial charge < -0.3 is 50.4 Å². The molecule has 16 nitrogen and oxygen atoms in total. The average molecular weight is 740 g/mol. The summed E-state index contributed by atoms with van der Waals surface area (Å²) >= 11 is 2.28. The number of β-lactam (4-membered cyclic amide) rings is 1. The fraction of sp³-hybridized carbons (Fsp3) is 0.424. The van der Waals surface area contributed by atoms with Gasteiger partial charge in [0.15, 0.2) is 33.7 Å². The molecule has 2 fully saturated rings. The molecule has 5 N–H and O–H groups in total. The van der Waals surface area contributed by atoms with Crippen LogP contribution in [-0.4, -0.2) is 108 Å². The molecule has 1 aliphatic carbocycles. The van der Waals surface area contributed by atoms with Crippen molar-refractivity contribution < 1.29 is 53.7 Å². The molecular weight excluding hydrogens is 705 g/mol. The van der Waals surface area contributed by atoms with Crippen molar-refractivity contribution in [3.05, 3.63) is 57.3 Å². The van der Waals surface area contributed by atoms with E-state index in [4.69, 9.17) is 10.6 Å². The molecule has 0 spiro atoms. The molecule has 6 rings (SSSR count). The molecule has 3 atom stereocenters. The second kappa shape index (κ2) is 13.3. The van der Waals surface area contributed by atoms with E-state index in [0.717, 1.165) is 29.1 Å². The predicted octanol–water partition coefficient (Wildman–Crippen LogP) is -0.846. The van der Waals surface area contributed by atoms with Gasteiger partial charge in [-0.05, 0) is 44.9 Å². The van der Waals surface area contributed by atoms with Gasteiger partial charge in [0, 0.05) is 34.6 Å².